The van der Waals surface area contributed by atoms with E-state index in [-0.39, 0.29) is 11.9 Å². The lowest BCUT2D eigenvalue weighted by Crippen LogP contribution is -2.54. The smallest absolute Gasteiger partial charge is 0.239 e. The van der Waals surface area contributed by atoms with Crippen molar-refractivity contribution in [1.82, 2.24) is 10.2 Å². The van der Waals surface area contributed by atoms with Gasteiger partial charge in [0.05, 0.1) is 6.04 Å². The molecule has 0 spiro atoms. The van der Waals surface area contributed by atoms with Crippen molar-refractivity contribution in [2.75, 3.05) is 19.6 Å². The van der Waals surface area contributed by atoms with Gasteiger partial charge in [-0.15, -0.1) is 0 Å². The second kappa shape index (κ2) is 3.72. The van der Waals surface area contributed by atoms with E-state index in [1.54, 1.807) is 0 Å². The summed E-state index contributed by atoms with van der Waals surface area (Å²) in [5, 5.41) is 3.19. The molecule has 0 aromatic heterocycles. The number of piperazine rings is 1. The summed E-state index contributed by atoms with van der Waals surface area (Å²) in [5.74, 6) is 0.265. The highest BCUT2D eigenvalue weighted by atomic mass is 16.2. The Hall–Kier alpha value is -0.570. The van der Waals surface area contributed by atoms with Crippen LogP contribution in [0.1, 0.15) is 20.3 Å². The maximum atomic E-state index is 11.5. The number of hydrogen-bond acceptors (Lipinski definition) is 2. The molecule has 0 aliphatic carbocycles. The lowest BCUT2D eigenvalue weighted by Gasteiger charge is -2.31. The molecule has 3 nitrogen and oxygen atoms in total. The number of nitrogens with one attached hydrogen (secondary N) is 1. The first-order chi connectivity index (χ1) is 5.29. The molecule has 1 rings (SSSR count). The quantitative estimate of drug-likeness (QED) is 0.620. The van der Waals surface area contributed by atoms with Crippen LogP contribution in [0.15, 0.2) is 0 Å². The average molecular weight is 156 g/mol. The minimum atomic E-state index is 0.0729. The molecule has 1 unspecified atom stereocenters. The van der Waals surface area contributed by atoms with Crippen molar-refractivity contribution in [2.24, 2.45) is 0 Å². The number of carbonyl (C=O) groups is 1. The lowest BCUT2D eigenvalue weighted by atomic mass is 10.1. The predicted octanol–water partition coefficient (Wildman–Crippen LogP) is 0.217. The summed E-state index contributed by atoms with van der Waals surface area (Å²) in [6.45, 7) is 6.71. The van der Waals surface area contributed by atoms with Gasteiger partial charge in [-0.2, -0.15) is 0 Å². The number of hydrogen-bond donors (Lipinski definition) is 1. The van der Waals surface area contributed by atoms with Crippen molar-refractivity contribution in [3.05, 3.63) is 0 Å². The molecule has 1 atom stereocenters. The molecule has 64 valence electrons. The average Bonchev–Trinajstić information content (AvgIpc) is 2.05. The van der Waals surface area contributed by atoms with Crippen molar-refractivity contribution < 1.29 is 4.79 Å². The van der Waals surface area contributed by atoms with E-state index in [1.165, 1.54) is 0 Å². The Labute approximate surface area is 67.8 Å². The van der Waals surface area contributed by atoms with E-state index in [0.717, 1.165) is 26.1 Å². The van der Waals surface area contributed by atoms with Crippen LogP contribution >= 0.6 is 0 Å². The van der Waals surface area contributed by atoms with Crippen molar-refractivity contribution in [3.8, 4) is 0 Å². The van der Waals surface area contributed by atoms with E-state index >= 15 is 0 Å². The Bertz CT molecular complexity index is 133. The van der Waals surface area contributed by atoms with Gasteiger partial charge in [0.15, 0.2) is 0 Å². The fourth-order valence-electron chi connectivity index (χ4n) is 1.42. The third-order valence-corrected chi connectivity index (χ3v) is 2.17. The summed E-state index contributed by atoms with van der Waals surface area (Å²) in [7, 11) is 0. The molecular formula is C8H16N2O. The number of nitrogens with zero attached hydrogens (tertiary/aromatic N) is 1. The molecule has 1 amide bonds. The Morgan fingerprint density at radius 2 is 2.36 bits per heavy atom. The third-order valence-electron chi connectivity index (χ3n) is 2.17. The zero-order chi connectivity index (χ0) is 8.27. The molecule has 1 heterocycles. The minimum Gasteiger partial charge on any atom is -0.340 e. The summed E-state index contributed by atoms with van der Waals surface area (Å²) in [6.07, 6.45) is 0.898. The highest BCUT2D eigenvalue weighted by Gasteiger charge is 2.24. The Morgan fingerprint density at radius 3 is 2.91 bits per heavy atom. The molecule has 3 heteroatoms. The molecule has 1 aliphatic rings. The second-order valence-electron chi connectivity index (χ2n) is 2.83. The van der Waals surface area contributed by atoms with Gasteiger partial charge in [0.1, 0.15) is 0 Å². The van der Waals surface area contributed by atoms with E-state index in [0.29, 0.717) is 0 Å². The molecule has 1 fully saturated rings. The number of likely N-dealkylation sites (N-methyl/N-ethyl adjacent to an activating group) is 1. The molecule has 1 N–H and O–H groups in total. The fourth-order valence-corrected chi connectivity index (χ4v) is 1.42. The van der Waals surface area contributed by atoms with Gasteiger partial charge in [0.25, 0.3) is 0 Å². The zero-order valence-corrected chi connectivity index (χ0v) is 7.26. The van der Waals surface area contributed by atoms with Crippen LogP contribution in [0.25, 0.3) is 0 Å². The van der Waals surface area contributed by atoms with Gasteiger partial charge >= 0.3 is 0 Å². The van der Waals surface area contributed by atoms with Gasteiger partial charge in [-0.25, -0.2) is 0 Å². The van der Waals surface area contributed by atoms with Crippen LogP contribution in [-0.2, 0) is 4.79 Å². The summed E-state index contributed by atoms with van der Waals surface area (Å²) in [6, 6.07) is 0.0729. The first-order valence-electron chi connectivity index (χ1n) is 4.31. The van der Waals surface area contributed by atoms with Gasteiger partial charge in [-0.3, -0.25) is 4.79 Å². The largest absolute Gasteiger partial charge is 0.340 e. The molecule has 0 bridgehead atoms. The maximum Gasteiger partial charge on any atom is 0.239 e. The van der Waals surface area contributed by atoms with E-state index < -0.39 is 0 Å². The van der Waals surface area contributed by atoms with Gasteiger partial charge in [0.2, 0.25) is 5.91 Å². The van der Waals surface area contributed by atoms with Gasteiger partial charge in [0, 0.05) is 19.6 Å². The molecule has 1 aliphatic heterocycles. The van der Waals surface area contributed by atoms with Crippen LogP contribution in [-0.4, -0.2) is 36.5 Å². The SMILES string of the molecule is CCC1NCCN(CC)C1=O. The van der Waals surface area contributed by atoms with Crippen LogP contribution in [0.5, 0.6) is 0 Å². The van der Waals surface area contributed by atoms with Gasteiger partial charge in [-0.1, -0.05) is 6.92 Å². The lowest BCUT2D eigenvalue weighted by molar-refractivity contribution is -0.135. The highest BCUT2D eigenvalue weighted by molar-refractivity contribution is 5.82. The van der Waals surface area contributed by atoms with Crippen LogP contribution in [0.4, 0.5) is 0 Å². The van der Waals surface area contributed by atoms with Crippen molar-refractivity contribution in [3.63, 3.8) is 0 Å². The Balaban J connectivity index is 2.52. The topological polar surface area (TPSA) is 32.3 Å². The minimum absolute atomic E-state index is 0.0729. The van der Waals surface area contributed by atoms with Crippen LogP contribution in [0.3, 0.4) is 0 Å². The number of rotatable bonds is 2. The van der Waals surface area contributed by atoms with Crippen molar-refractivity contribution in [1.29, 1.82) is 0 Å². The van der Waals surface area contributed by atoms with Gasteiger partial charge < -0.3 is 10.2 Å². The normalized spacial score (nSPS) is 25.8. The van der Waals surface area contributed by atoms with Gasteiger partial charge in [-0.05, 0) is 13.3 Å². The summed E-state index contributed by atoms with van der Waals surface area (Å²) >= 11 is 0. The molecule has 0 radical (unpaired) electrons. The molecule has 0 aromatic rings. The van der Waals surface area contributed by atoms with Crippen LogP contribution in [0.2, 0.25) is 0 Å². The first-order valence-corrected chi connectivity index (χ1v) is 4.31. The highest BCUT2D eigenvalue weighted by Crippen LogP contribution is 2.03. The maximum absolute atomic E-state index is 11.5. The molecule has 11 heavy (non-hydrogen) atoms. The molecule has 0 saturated carbocycles. The molecule has 1 saturated heterocycles. The predicted molar refractivity (Wildman–Crippen MR) is 44.3 cm³/mol. The molecular weight excluding hydrogens is 140 g/mol. The number of amides is 1. The van der Waals surface area contributed by atoms with E-state index in [2.05, 4.69) is 5.32 Å². The Kier molecular flexibility index (Phi) is 2.88. The first kappa shape index (κ1) is 8.53. The summed E-state index contributed by atoms with van der Waals surface area (Å²) in [5.41, 5.74) is 0. The van der Waals surface area contributed by atoms with Crippen molar-refractivity contribution >= 4 is 5.91 Å². The zero-order valence-electron chi connectivity index (χ0n) is 7.26. The van der Waals surface area contributed by atoms with Crippen LogP contribution < -0.4 is 5.32 Å². The number of carbonyl (C=O) groups excluding carboxylic acids is 1. The second-order valence-corrected chi connectivity index (χ2v) is 2.83. The summed E-state index contributed by atoms with van der Waals surface area (Å²) in [4.78, 5) is 13.4. The van der Waals surface area contributed by atoms with Crippen LogP contribution in [0, 0.1) is 0 Å². The van der Waals surface area contributed by atoms with Crippen molar-refractivity contribution in [2.45, 2.75) is 26.3 Å². The molecule has 0 aromatic carbocycles. The van der Waals surface area contributed by atoms with E-state index in [4.69, 9.17) is 0 Å². The Morgan fingerprint density at radius 1 is 1.64 bits per heavy atom. The standard InChI is InChI=1S/C8H16N2O/c1-3-7-8(11)10(4-2)6-5-9-7/h7,9H,3-6H2,1-2H3. The summed E-state index contributed by atoms with van der Waals surface area (Å²) < 4.78 is 0. The van der Waals surface area contributed by atoms with E-state index in [1.807, 2.05) is 18.7 Å². The third kappa shape index (κ3) is 1.71. The monoisotopic (exact) mass is 156 g/mol. The fraction of sp³-hybridized carbons (Fsp3) is 0.875. The van der Waals surface area contributed by atoms with E-state index in [9.17, 15) is 4.79 Å².